The molecule has 0 saturated carbocycles. The molecule has 1 N–H and O–H groups in total. The molecular weight excluding hydrogens is 298 g/mol. The molecule has 0 aliphatic carbocycles. The van der Waals surface area contributed by atoms with Crippen LogP contribution in [0, 0.1) is 0 Å². The molecule has 4 heteroatoms. The minimum absolute atomic E-state index is 0.106. The molecule has 0 aliphatic heterocycles. The van der Waals surface area contributed by atoms with E-state index in [1.165, 1.54) is 70.6 Å². The second kappa shape index (κ2) is 14.1. The number of aromatic nitrogens is 2. The molecule has 0 aliphatic rings. The lowest BCUT2D eigenvalue weighted by atomic mass is 10.1. The maximum absolute atomic E-state index is 11.8. The molecule has 1 aromatic heterocycles. The lowest BCUT2D eigenvalue weighted by Gasteiger charge is -2.04. The number of hydrogen-bond donors (Lipinski definition) is 1. The molecule has 1 heterocycles. The van der Waals surface area contributed by atoms with Crippen LogP contribution in [0.4, 0.5) is 0 Å². The van der Waals surface area contributed by atoms with E-state index in [0.717, 1.165) is 13.0 Å². The first-order chi connectivity index (χ1) is 11.7. The van der Waals surface area contributed by atoms with Crippen molar-refractivity contribution < 1.29 is 9.36 Å². The second-order valence-corrected chi connectivity index (χ2v) is 6.99. The van der Waals surface area contributed by atoms with Crippen LogP contribution in [0.2, 0.25) is 0 Å². The topological polar surface area (TPSA) is 37.9 Å². The Balaban J connectivity index is 1.81. The number of carbonyl (C=O) groups excluding carboxylic acids is 1. The van der Waals surface area contributed by atoms with Gasteiger partial charge in [0.15, 0.2) is 6.54 Å². The normalized spacial score (nSPS) is 10.9. The van der Waals surface area contributed by atoms with Gasteiger partial charge in [0.25, 0.3) is 5.91 Å². The van der Waals surface area contributed by atoms with Crippen LogP contribution in [-0.4, -0.2) is 17.0 Å². The summed E-state index contributed by atoms with van der Waals surface area (Å²) in [6.45, 7) is 3.50. The van der Waals surface area contributed by atoms with Gasteiger partial charge in [0.2, 0.25) is 6.33 Å². The molecule has 4 nitrogen and oxygen atoms in total. The Morgan fingerprint density at radius 1 is 0.917 bits per heavy atom. The molecule has 0 unspecified atom stereocenters. The molecule has 0 saturated heterocycles. The highest BCUT2D eigenvalue weighted by Gasteiger charge is 2.06. The van der Waals surface area contributed by atoms with Gasteiger partial charge in [0.05, 0.1) is 7.05 Å². The standard InChI is InChI=1S/C20H37N3O/c1-3-4-5-6-7-8-9-10-11-12-13-14-15-21-20(24)18-23-17-16-22(2)19-23/h16-17,19H,3-15,18H2,1-2H3/p+1. The molecule has 1 rings (SSSR count). The van der Waals surface area contributed by atoms with Gasteiger partial charge in [-0.25, -0.2) is 9.13 Å². The fourth-order valence-corrected chi connectivity index (χ4v) is 3.01. The molecule has 1 amide bonds. The average molecular weight is 337 g/mol. The first kappa shape index (κ1) is 20.7. The predicted octanol–water partition coefficient (Wildman–Crippen LogP) is 4.13. The zero-order valence-electron chi connectivity index (χ0n) is 15.9. The number of nitrogens with one attached hydrogen (secondary N) is 1. The smallest absolute Gasteiger partial charge is 0.262 e. The fourth-order valence-electron chi connectivity index (χ4n) is 3.01. The maximum atomic E-state index is 11.8. The molecule has 0 aromatic carbocycles. The van der Waals surface area contributed by atoms with Gasteiger partial charge in [-0.15, -0.1) is 0 Å². The lowest BCUT2D eigenvalue weighted by molar-refractivity contribution is -0.671. The van der Waals surface area contributed by atoms with Gasteiger partial charge in [-0.3, -0.25) is 4.79 Å². The summed E-state index contributed by atoms with van der Waals surface area (Å²) < 4.78 is 3.84. The van der Waals surface area contributed by atoms with Crippen molar-refractivity contribution in [3.63, 3.8) is 0 Å². The molecule has 0 spiro atoms. The number of hydrogen-bond acceptors (Lipinski definition) is 1. The highest BCUT2D eigenvalue weighted by Crippen LogP contribution is 2.11. The van der Waals surface area contributed by atoms with Gasteiger partial charge < -0.3 is 5.32 Å². The van der Waals surface area contributed by atoms with E-state index in [1.54, 1.807) is 0 Å². The number of unbranched alkanes of at least 4 members (excludes halogenated alkanes) is 11. The summed E-state index contributed by atoms with van der Waals surface area (Å²) in [4.78, 5) is 11.8. The van der Waals surface area contributed by atoms with E-state index in [2.05, 4.69) is 12.2 Å². The molecule has 0 fully saturated rings. The Hall–Kier alpha value is -1.32. The van der Waals surface area contributed by atoms with Crippen LogP contribution >= 0.6 is 0 Å². The average Bonchev–Trinajstić information content (AvgIpc) is 2.96. The van der Waals surface area contributed by atoms with Crippen molar-refractivity contribution >= 4 is 5.91 Å². The Morgan fingerprint density at radius 3 is 1.96 bits per heavy atom. The number of rotatable bonds is 15. The number of carbonyl (C=O) groups is 1. The molecule has 24 heavy (non-hydrogen) atoms. The number of imidazole rings is 1. The van der Waals surface area contributed by atoms with E-state index in [9.17, 15) is 4.79 Å². The van der Waals surface area contributed by atoms with E-state index < -0.39 is 0 Å². The fraction of sp³-hybridized carbons (Fsp3) is 0.800. The molecular formula is C20H38N3O+. The van der Waals surface area contributed by atoms with Crippen molar-refractivity contribution in [1.82, 2.24) is 9.88 Å². The molecule has 138 valence electrons. The zero-order valence-corrected chi connectivity index (χ0v) is 15.9. The summed E-state index contributed by atoms with van der Waals surface area (Å²) in [5, 5.41) is 3.01. The van der Waals surface area contributed by atoms with Crippen LogP contribution in [0.1, 0.15) is 84.0 Å². The van der Waals surface area contributed by atoms with Gasteiger partial charge in [0, 0.05) is 6.54 Å². The van der Waals surface area contributed by atoms with Crippen molar-refractivity contribution in [3.05, 3.63) is 18.7 Å². The monoisotopic (exact) mass is 336 g/mol. The van der Waals surface area contributed by atoms with Gasteiger partial charge in [0.1, 0.15) is 12.4 Å². The third-order valence-electron chi connectivity index (χ3n) is 4.50. The molecule has 0 radical (unpaired) electrons. The third kappa shape index (κ3) is 11.3. The Bertz CT molecular complexity index is 428. The molecule has 0 atom stereocenters. The Labute approximate surface area is 148 Å². The summed E-state index contributed by atoms with van der Waals surface area (Å²) in [5.41, 5.74) is 0. The molecule has 1 aromatic rings. The lowest BCUT2D eigenvalue weighted by Crippen LogP contribution is -2.29. The van der Waals surface area contributed by atoms with E-state index in [1.807, 2.05) is 34.9 Å². The predicted molar refractivity (Wildman–Crippen MR) is 99.7 cm³/mol. The first-order valence-electron chi connectivity index (χ1n) is 10.00. The van der Waals surface area contributed by atoms with Crippen LogP contribution in [-0.2, 0) is 18.4 Å². The van der Waals surface area contributed by atoms with Crippen LogP contribution in [0.25, 0.3) is 0 Å². The maximum Gasteiger partial charge on any atom is 0.262 e. The van der Waals surface area contributed by atoms with E-state index in [4.69, 9.17) is 0 Å². The molecule has 0 bridgehead atoms. The van der Waals surface area contributed by atoms with E-state index >= 15 is 0 Å². The first-order valence-corrected chi connectivity index (χ1v) is 10.00. The van der Waals surface area contributed by atoms with Crippen LogP contribution in [0.15, 0.2) is 18.7 Å². The summed E-state index contributed by atoms with van der Waals surface area (Å²) >= 11 is 0. The van der Waals surface area contributed by atoms with Crippen LogP contribution in [0.3, 0.4) is 0 Å². The van der Waals surface area contributed by atoms with Gasteiger partial charge in [-0.1, -0.05) is 77.6 Å². The van der Waals surface area contributed by atoms with Crippen molar-refractivity contribution in [1.29, 1.82) is 0 Å². The van der Waals surface area contributed by atoms with Crippen molar-refractivity contribution in [2.45, 2.75) is 90.5 Å². The highest BCUT2D eigenvalue weighted by molar-refractivity contribution is 5.75. The van der Waals surface area contributed by atoms with Gasteiger partial charge >= 0.3 is 0 Å². The van der Waals surface area contributed by atoms with Crippen LogP contribution < -0.4 is 9.88 Å². The highest BCUT2D eigenvalue weighted by atomic mass is 16.1. The third-order valence-corrected chi connectivity index (χ3v) is 4.50. The minimum Gasteiger partial charge on any atom is -0.353 e. The summed E-state index contributed by atoms with van der Waals surface area (Å²) in [5.74, 6) is 0.106. The Morgan fingerprint density at radius 2 is 1.46 bits per heavy atom. The van der Waals surface area contributed by atoms with Crippen molar-refractivity contribution in [3.8, 4) is 0 Å². The summed E-state index contributed by atoms with van der Waals surface area (Å²) in [6.07, 6.45) is 22.0. The summed E-state index contributed by atoms with van der Waals surface area (Å²) in [7, 11) is 1.96. The number of amides is 1. The second-order valence-electron chi connectivity index (χ2n) is 6.99. The summed E-state index contributed by atoms with van der Waals surface area (Å²) in [6, 6.07) is 0. The largest absolute Gasteiger partial charge is 0.353 e. The minimum atomic E-state index is 0.106. The van der Waals surface area contributed by atoms with Gasteiger partial charge in [-0.05, 0) is 6.42 Å². The Kier molecular flexibility index (Phi) is 12.1. The number of nitrogens with zero attached hydrogens (tertiary/aromatic N) is 2. The quantitative estimate of drug-likeness (QED) is 0.379. The van der Waals surface area contributed by atoms with Crippen molar-refractivity contribution in [2.24, 2.45) is 7.05 Å². The van der Waals surface area contributed by atoms with E-state index in [-0.39, 0.29) is 5.91 Å². The van der Waals surface area contributed by atoms with Crippen molar-refractivity contribution in [2.75, 3.05) is 6.54 Å². The SMILES string of the molecule is CCCCCCCCCCCCCCNC(=O)Cn1cc[n+](C)c1. The van der Waals surface area contributed by atoms with Crippen LogP contribution in [0.5, 0.6) is 0 Å². The number of aryl methyl sites for hydroxylation is 1. The van der Waals surface area contributed by atoms with E-state index in [0.29, 0.717) is 6.54 Å². The zero-order chi connectivity index (χ0) is 17.5. The van der Waals surface area contributed by atoms with Gasteiger partial charge in [-0.2, -0.15) is 0 Å².